The fourth-order valence-corrected chi connectivity index (χ4v) is 1.42. The number of halogens is 1. The number of fused-ring (bicyclic) bond motifs is 1. The molecule has 5 nitrogen and oxygen atoms in total. The Morgan fingerprint density at radius 3 is 3.08 bits per heavy atom. The smallest absolute Gasteiger partial charge is 0.255 e. The van der Waals surface area contributed by atoms with Crippen molar-refractivity contribution in [1.82, 2.24) is 19.6 Å². The van der Waals surface area contributed by atoms with Crippen LogP contribution >= 0.6 is 15.9 Å². The largest absolute Gasteiger partial charge is 0.330 e. The Morgan fingerprint density at radius 1 is 1.46 bits per heavy atom. The molecule has 0 fully saturated rings. The van der Waals surface area contributed by atoms with Crippen LogP contribution in [0.2, 0.25) is 0 Å². The van der Waals surface area contributed by atoms with Crippen LogP contribution in [-0.2, 0) is 6.42 Å². The number of hydrogen-bond donors (Lipinski definition) is 1. The van der Waals surface area contributed by atoms with Crippen molar-refractivity contribution in [3.8, 4) is 0 Å². The summed E-state index contributed by atoms with van der Waals surface area (Å²) < 4.78 is 2.73. The average molecular weight is 242 g/mol. The highest BCUT2D eigenvalue weighted by atomic mass is 79.9. The first kappa shape index (κ1) is 8.58. The van der Waals surface area contributed by atoms with Crippen molar-refractivity contribution in [3.63, 3.8) is 0 Å². The molecule has 0 bridgehead atoms. The van der Waals surface area contributed by atoms with Crippen molar-refractivity contribution in [3.05, 3.63) is 22.7 Å². The molecule has 0 spiro atoms. The van der Waals surface area contributed by atoms with E-state index < -0.39 is 0 Å². The van der Waals surface area contributed by atoms with Gasteiger partial charge in [-0.2, -0.15) is 0 Å². The number of hydrogen-bond acceptors (Lipinski definition) is 4. The third-order valence-electron chi connectivity index (χ3n) is 1.67. The Kier molecular flexibility index (Phi) is 2.24. The Hall–Kier alpha value is -1.01. The first-order chi connectivity index (χ1) is 6.31. The molecule has 0 aliphatic rings. The van der Waals surface area contributed by atoms with E-state index in [2.05, 4.69) is 31.1 Å². The molecule has 0 radical (unpaired) electrons. The fraction of sp³-hybridized carbons (Fsp3) is 0.286. The maximum Gasteiger partial charge on any atom is 0.255 e. The zero-order valence-electron chi connectivity index (χ0n) is 6.81. The topological polar surface area (TPSA) is 69.1 Å². The summed E-state index contributed by atoms with van der Waals surface area (Å²) in [5.41, 5.74) is 5.44. The molecular weight excluding hydrogens is 234 g/mol. The van der Waals surface area contributed by atoms with Crippen LogP contribution in [0, 0.1) is 0 Å². The molecule has 2 rings (SSSR count). The molecule has 0 saturated carbocycles. The van der Waals surface area contributed by atoms with E-state index in [-0.39, 0.29) is 0 Å². The van der Waals surface area contributed by atoms with Crippen LogP contribution in [0.15, 0.2) is 16.9 Å². The van der Waals surface area contributed by atoms with Crippen molar-refractivity contribution in [2.45, 2.75) is 6.42 Å². The van der Waals surface area contributed by atoms with Gasteiger partial charge in [-0.25, -0.2) is 4.98 Å². The van der Waals surface area contributed by atoms with Gasteiger partial charge in [0.15, 0.2) is 0 Å². The van der Waals surface area contributed by atoms with E-state index in [9.17, 15) is 0 Å². The lowest BCUT2D eigenvalue weighted by Gasteiger charge is -1.96. The first-order valence-corrected chi connectivity index (χ1v) is 4.66. The number of aromatic nitrogens is 4. The van der Waals surface area contributed by atoms with Gasteiger partial charge in [-0.05, 0) is 22.5 Å². The summed E-state index contributed by atoms with van der Waals surface area (Å²) in [6, 6.07) is 0. The highest BCUT2D eigenvalue weighted by Crippen LogP contribution is 2.09. The van der Waals surface area contributed by atoms with Gasteiger partial charge in [0.1, 0.15) is 5.82 Å². The SMILES string of the molecule is NCCc1nnc2ncc(Br)cn12. The highest BCUT2D eigenvalue weighted by Gasteiger charge is 2.04. The second-order valence-electron chi connectivity index (χ2n) is 2.60. The van der Waals surface area contributed by atoms with Crippen LogP contribution in [0.1, 0.15) is 5.82 Å². The predicted octanol–water partition coefficient (Wildman–Crippen LogP) is 0.388. The van der Waals surface area contributed by atoms with Crippen molar-refractivity contribution in [1.29, 1.82) is 0 Å². The molecule has 2 aromatic heterocycles. The summed E-state index contributed by atoms with van der Waals surface area (Å²) in [4.78, 5) is 4.09. The minimum atomic E-state index is 0.563. The number of nitrogens with zero attached hydrogens (tertiary/aromatic N) is 4. The van der Waals surface area contributed by atoms with Crippen LogP contribution in [0.25, 0.3) is 5.78 Å². The summed E-state index contributed by atoms with van der Waals surface area (Å²) in [5.74, 6) is 1.44. The minimum Gasteiger partial charge on any atom is -0.330 e. The van der Waals surface area contributed by atoms with Gasteiger partial charge in [0, 0.05) is 18.8 Å². The maximum atomic E-state index is 5.44. The lowest BCUT2D eigenvalue weighted by molar-refractivity contribution is 0.845. The molecule has 0 aliphatic carbocycles. The molecule has 0 atom stereocenters. The maximum absolute atomic E-state index is 5.44. The molecule has 0 unspecified atom stereocenters. The summed E-state index contributed by atoms with van der Waals surface area (Å²) in [5, 5.41) is 7.88. The zero-order valence-corrected chi connectivity index (χ0v) is 8.40. The quantitative estimate of drug-likeness (QED) is 0.826. The molecule has 2 heterocycles. The summed E-state index contributed by atoms with van der Waals surface area (Å²) >= 11 is 3.33. The second kappa shape index (κ2) is 3.39. The van der Waals surface area contributed by atoms with Gasteiger partial charge < -0.3 is 5.73 Å². The molecule has 0 saturated heterocycles. The highest BCUT2D eigenvalue weighted by molar-refractivity contribution is 9.10. The molecule has 68 valence electrons. The Bertz CT molecular complexity index is 424. The first-order valence-electron chi connectivity index (χ1n) is 3.86. The summed E-state index contributed by atoms with van der Waals surface area (Å²) in [7, 11) is 0. The Labute approximate surface area is 83.1 Å². The molecule has 0 aromatic carbocycles. The molecule has 0 amide bonds. The van der Waals surface area contributed by atoms with Crippen molar-refractivity contribution in [2.24, 2.45) is 5.73 Å². The monoisotopic (exact) mass is 241 g/mol. The van der Waals surface area contributed by atoms with Crippen molar-refractivity contribution in [2.75, 3.05) is 6.54 Å². The lowest BCUT2D eigenvalue weighted by atomic mass is 10.4. The van der Waals surface area contributed by atoms with Gasteiger partial charge in [0.05, 0.1) is 4.47 Å². The van der Waals surface area contributed by atoms with E-state index in [0.29, 0.717) is 18.7 Å². The fourth-order valence-electron chi connectivity index (χ4n) is 1.11. The van der Waals surface area contributed by atoms with Gasteiger partial charge in [-0.1, -0.05) is 0 Å². The molecule has 2 aromatic rings. The third-order valence-corrected chi connectivity index (χ3v) is 2.08. The van der Waals surface area contributed by atoms with Crippen LogP contribution in [-0.4, -0.2) is 26.1 Å². The van der Waals surface area contributed by atoms with Crippen molar-refractivity contribution >= 4 is 21.7 Å². The van der Waals surface area contributed by atoms with E-state index in [1.54, 1.807) is 6.20 Å². The van der Waals surface area contributed by atoms with Gasteiger partial charge in [0.25, 0.3) is 5.78 Å². The third kappa shape index (κ3) is 1.54. The predicted molar refractivity (Wildman–Crippen MR) is 51.2 cm³/mol. The van der Waals surface area contributed by atoms with Crippen LogP contribution < -0.4 is 5.73 Å². The summed E-state index contributed by atoms with van der Waals surface area (Å²) in [6.45, 7) is 0.563. The normalized spacial score (nSPS) is 10.9. The number of rotatable bonds is 2. The van der Waals surface area contributed by atoms with Gasteiger partial charge in [0.2, 0.25) is 0 Å². The molecule has 13 heavy (non-hydrogen) atoms. The van der Waals surface area contributed by atoms with E-state index in [1.807, 2.05) is 10.6 Å². The van der Waals surface area contributed by atoms with Gasteiger partial charge in [-0.15, -0.1) is 10.2 Å². The minimum absolute atomic E-state index is 0.563. The second-order valence-corrected chi connectivity index (χ2v) is 3.51. The Morgan fingerprint density at radius 2 is 2.31 bits per heavy atom. The van der Waals surface area contributed by atoms with E-state index in [4.69, 9.17) is 5.73 Å². The standard InChI is InChI=1S/C7H8BrN5/c8-5-3-10-7-12-11-6(1-2-9)13(7)4-5/h3-4H,1-2,9H2. The molecule has 2 N–H and O–H groups in total. The molecular formula is C7H8BrN5. The van der Waals surface area contributed by atoms with E-state index in [0.717, 1.165) is 10.3 Å². The number of nitrogens with two attached hydrogens (primary N) is 1. The summed E-state index contributed by atoms with van der Waals surface area (Å²) in [6.07, 6.45) is 4.28. The van der Waals surface area contributed by atoms with Crippen LogP contribution in [0.3, 0.4) is 0 Å². The Balaban J connectivity index is 2.58. The van der Waals surface area contributed by atoms with Crippen LogP contribution in [0.4, 0.5) is 0 Å². The molecule has 6 heteroatoms. The zero-order chi connectivity index (χ0) is 9.26. The van der Waals surface area contributed by atoms with Crippen LogP contribution in [0.5, 0.6) is 0 Å². The van der Waals surface area contributed by atoms with Gasteiger partial charge >= 0.3 is 0 Å². The molecule has 0 aliphatic heterocycles. The van der Waals surface area contributed by atoms with E-state index in [1.165, 1.54) is 0 Å². The van der Waals surface area contributed by atoms with Crippen molar-refractivity contribution < 1.29 is 0 Å². The van der Waals surface area contributed by atoms with Gasteiger partial charge in [-0.3, -0.25) is 4.40 Å². The average Bonchev–Trinajstić information content (AvgIpc) is 2.49. The lowest BCUT2D eigenvalue weighted by Crippen LogP contribution is -2.06. The van der Waals surface area contributed by atoms with E-state index >= 15 is 0 Å².